The van der Waals surface area contributed by atoms with E-state index < -0.39 is 5.41 Å². The van der Waals surface area contributed by atoms with Gasteiger partial charge in [0.1, 0.15) is 0 Å². The van der Waals surface area contributed by atoms with Crippen LogP contribution in [0.3, 0.4) is 0 Å². The molecule has 1 N–H and O–H groups in total. The second-order valence-corrected chi connectivity index (χ2v) is 4.99. The quantitative estimate of drug-likeness (QED) is 0.797. The highest BCUT2D eigenvalue weighted by atomic mass is 16.5. The third-order valence-corrected chi connectivity index (χ3v) is 4.00. The lowest BCUT2D eigenvalue weighted by atomic mass is 9.92. The highest BCUT2D eigenvalue weighted by Crippen LogP contribution is 2.55. The van der Waals surface area contributed by atoms with E-state index in [4.69, 9.17) is 14.2 Å². The number of ether oxygens (including phenoxy) is 3. The Morgan fingerprint density at radius 3 is 2.55 bits per heavy atom. The highest BCUT2D eigenvalue weighted by Gasteiger charge is 2.61. The summed E-state index contributed by atoms with van der Waals surface area (Å²) in [6, 6.07) is 5.60. The van der Waals surface area contributed by atoms with E-state index in [1.807, 2.05) is 25.2 Å². The van der Waals surface area contributed by atoms with Crippen molar-refractivity contribution in [3.05, 3.63) is 23.8 Å². The molecule has 2 rings (SSSR count). The molecular weight excluding hydrogens is 258 g/mol. The van der Waals surface area contributed by atoms with E-state index in [-0.39, 0.29) is 11.9 Å². The van der Waals surface area contributed by atoms with Gasteiger partial charge in [-0.05, 0) is 43.6 Å². The van der Waals surface area contributed by atoms with Gasteiger partial charge in [-0.15, -0.1) is 0 Å². The van der Waals surface area contributed by atoms with Crippen LogP contribution in [0.5, 0.6) is 11.5 Å². The number of benzene rings is 1. The topological polar surface area (TPSA) is 56.8 Å². The predicted octanol–water partition coefficient (Wildman–Crippen LogP) is 1.35. The van der Waals surface area contributed by atoms with Gasteiger partial charge in [-0.3, -0.25) is 4.79 Å². The zero-order chi connectivity index (χ0) is 14.8. The van der Waals surface area contributed by atoms with Gasteiger partial charge in [-0.25, -0.2) is 0 Å². The van der Waals surface area contributed by atoms with Gasteiger partial charge in [0, 0.05) is 0 Å². The molecule has 0 bridgehead atoms. The maximum Gasteiger partial charge on any atom is 0.316 e. The number of esters is 1. The molecular formula is C15H21NO4. The average Bonchev–Trinajstić information content (AvgIpc) is 3.21. The largest absolute Gasteiger partial charge is 0.493 e. The third kappa shape index (κ3) is 2.22. The van der Waals surface area contributed by atoms with E-state index in [1.165, 1.54) is 7.11 Å². The van der Waals surface area contributed by atoms with E-state index in [0.717, 1.165) is 18.5 Å². The van der Waals surface area contributed by atoms with Gasteiger partial charge in [0.2, 0.25) is 0 Å². The lowest BCUT2D eigenvalue weighted by Crippen LogP contribution is -2.27. The van der Waals surface area contributed by atoms with Crippen LogP contribution in [0.4, 0.5) is 0 Å². The molecule has 0 aromatic heterocycles. The van der Waals surface area contributed by atoms with Crippen molar-refractivity contribution in [3.63, 3.8) is 0 Å². The molecule has 0 saturated heterocycles. The van der Waals surface area contributed by atoms with Gasteiger partial charge in [-0.2, -0.15) is 0 Å². The van der Waals surface area contributed by atoms with Crippen LogP contribution >= 0.6 is 0 Å². The maximum atomic E-state index is 12.2. The molecule has 2 atom stereocenters. The van der Waals surface area contributed by atoms with Crippen LogP contribution in [-0.4, -0.2) is 40.9 Å². The van der Waals surface area contributed by atoms with Crippen LogP contribution < -0.4 is 14.8 Å². The lowest BCUT2D eigenvalue weighted by molar-refractivity contribution is -0.144. The summed E-state index contributed by atoms with van der Waals surface area (Å²) in [5.74, 6) is 1.34. The molecule has 1 aromatic rings. The minimum absolute atomic E-state index is 0.190. The summed E-state index contributed by atoms with van der Waals surface area (Å²) in [5, 5.41) is 3.12. The van der Waals surface area contributed by atoms with Crippen molar-refractivity contribution >= 4 is 5.97 Å². The van der Waals surface area contributed by atoms with Crippen LogP contribution in [-0.2, 0) is 14.9 Å². The molecule has 20 heavy (non-hydrogen) atoms. The molecule has 0 amide bonds. The van der Waals surface area contributed by atoms with Gasteiger partial charge >= 0.3 is 5.97 Å². The van der Waals surface area contributed by atoms with Crippen molar-refractivity contribution in [2.24, 2.45) is 5.92 Å². The molecule has 0 spiro atoms. The zero-order valence-electron chi connectivity index (χ0n) is 12.4. The van der Waals surface area contributed by atoms with Gasteiger partial charge in [0.25, 0.3) is 0 Å². The first-order valence-electron chi connectivity index (χ1n) is 6.59. The molecule has 1 aromatic carbocycles. The summed E-state index contributed by atoms with van der Waals surface area (Å²) in [6.07, 6.45) is 0.788. The second kappa shape index (κ2) is 5.71. The van der Waals surface area contributed by atoms with Crippen molar-refractivity contribution in [1.29, 1.82) is 0 Å². The van der Waals surface area contributed by atoms with Crippen molar-refractivity contribution in [1.82, 2.24) is 5.32 Å². The fourth-order valence-electron chi connectivity index (χ4n) is 2.84. The van der Waals surface area contributed by atoms with Gasteiger partial charge < -0.3 is 19.5 Å². The van der Waals surface area contributed by atoms with Gasteiger partial charge in [0.15, 0.2) is 11.5 Å². The van der Waals surface area contributed by atoms with Crippen LogP contribution in [0.25, 0.3) is 0 Å². The van der Waals surface area contributed by atoms with Crippen molar-refractivity contribution in [2.75, 3.05) is 34.9 Å². The third-order valence-electron chi connectivity index (χ3n) is 4.00. The smallest absolute Gasteiger partial charge is 0.316 e. The van der Waals surface area contributed by atoms with Crippen LogP contribution in [0.15, 0.2) is 18.2 Å². The van der Waals surface area contributed by atoms with Gasteiger partial charge in [-0.1, -0.05) is 6.07 Å². The first-order valence-corrected chi connectivity index (χ1v) is 6.59. The number of nitrogens with one attached hydrogen (secondary N) is 1. The summed E-state index contributed by atoms with van der Waals surface area (Å²) in [5.41, 5.74) is 0.361. The molecule has 110 valence electrons. The van der Waals surface area contributed by atoms with E-state index in [0.29, 0.717) is 11.5 Å². The minimum Gasteiger partial charge on any atom is -0.493 e. The fraction of sp³-hybridized carbons (Fsp3) is 0.533. The maximum absolute atomic E-state index is 12.2. The Bertz CT molecular complexity index is 503. The van der Waals surface area contributed by atoms with Crippen LogP contribution in [0.1, 0.15) is 12.0 Å². The summed E-state index contributed by atoms with van der Waals surface area (Å²) >= 11 is 0. The first kappa shape index (κ1) is 14.7. The van der Waals surface area contributed by atoms with E-state index in [1.54, 1.807) is 14.2 Å². The molecule has 0 aliphatic heterocycles. The Balaban J connectivity index is 2.39. The molecule has 5 heteroatoms. The molecule has 0 heterocycles. The Hall–Kier alpha value is -1.75. The predicted molar refractivity (Wildman–Crippen MR) is 75.3 cm³/mol. The van der Waals surface area contributed by atoms with E-state index >= 15 is 0 Å². The minimum atomic E-state index is -0.558. The number of hydrogen-bond donors (Lipinski definition) is 1. The van der Waals surface area contributed by atoms with Crippen molar-refractivity contribution < 1.29 is 19.0 Å². The Labute approximate surface area is 119 Å². The number of hydrogen-bond acceptors (Lipinski definition) is 5. The molecule has 1 saturated carbocycles. The lowest BCUT2D eigenvalue weighted by Gasteiger charge is -2.17. The SMILES string of the molecule is CNC[C@H]1C[C@@]1(C(=O)OC)c1ccc(OC)c(OC)c1. The van der Waals surface area contributed by atoms with Crippen molar-refractivity contribution in [2.45, 2.75) is 11.8 Å². The standard InChI is InChI=1S/C15H21NO4/c1-16-9-11-8-15(11,14(17)20-4)10-5-6-12(18-2)13(7-10)19-3/h5-7,11,16H,8-9H2,1-4H3/t11-,15-/m1/s1. The Morgan fingerprint density at radius 1 is 1.30 bits per heavy atom. The average molecular weight is 279 g/mol. The van der Waals surface area contributed by atoms with E-state index in [9.17, 15) is 4.79 Å². The van der Waals surface area contributed by atoms with Crippen LogP contribution in [0, 0.1) is 5.92 Å². The number of carbonyl (C=O) groups excluding carboxylic acids is 1. The second-order valence-electron chi connectivity index (χ2n) is 4.99. The van der Waals surface area contributed by atoms with E-state index in [2.05, 4.69) is 5.32 Å². The summed E-state index contributed by atoms with van der Waals surface area (Å²) in [7, 11) is 6.49. The Kier molecular flexibility index (Phi) is 4.18. The van der Waals surface area contributed by atoms with Gasteiger partial charge in [0.05, 0.1) is 26.7 Å². The number of carbonyl (C=O) groups is 1. The molecule has 5 nitrogen and oxygen atoms in total. The normalized spacial score (nSPS) is 24.1. The molecule has 1 aliphatic rings. The number of rotatable bonds is 6. The van der Waals surface area contributed by atoms with Crippen LogP contribution in [0.2, 0.25) is 0 Å². The summed E-state index contributed by atoms with van der Waals surface area (Å²) in [4.78, 5) is 12.2. The summed E-state index contributed by atoms with van der Waals surface area (Å²) < 4.78 is 15.5. The number of methoxy groups -OCH3 is 3. The first-order chi connectivity index (χ1) is 9.63. The fourth-order valence-corrected chi connectivity index (χ4v) is 2.84. The zero-order valence-corrected chi connectivity index (χ0v) is 12.4. The highest BCUT2D eigenvalue weighted by molar-refractivity contribution is 5.87. The Morgan fingerprint density at radius 2 is 2.00 bits per heavy atom. The molecule has 0 radical (unpaired) electrons. The van der Waals surface area contributed by atoms with Crippen molar-refractivity contribution in [3.8, 4) is 11.5 Å². The summed E-state index contributed by atoms with van der Waals surface area (Å²) in [6.45, 7) is 0.781. The molecule has 1 aliphatic carbocycles. The molecule has 0 unspecified atom stereocenters. The molecule has 1 fully saturated rings. The monoisotopic (exact) mass is 279 g/mol.